The summed E-state index contributed by atoms with van der Waals surface area (Å²) in [5.41, 5.74) is 6.98. The molecule has 3 N–H and O–H groups in total. The van der Waals surface area contributed by atoms with Gasteiger partial charge < -0.3 is 20.7 Å². The lowest BCUT2D eigenvalue weighted by molar-refractivity contribution is 0.180. The quantitative estimate of drug-likeness (QED) is 0.544. The van der Waals surface area contributed by atoms with Crippen LogP contribution in [-0.4, -0.2) is 43.1 Å². The predicted molar refractivity (Wildman–Crippen MR) is 111 cm³/mol. The van der Waals surface area contributed by atoms with Crippen LogP contribution in [0.3, 0.4) is 0 Å². The predicted octanol–water partition coefficient (Wildman–Crippen LogP) is 3.96. The summed E-state index contributed by atoms with van der Waals surface area (Å²) in [7, 11) is 0. The molecule has 2 rings (SSSR count). The highest BCUT2D eigenvalue weighted by Gasteiger charge is 2.18. The van der Waals surface area contributed by atoms with Crippen molar-refractivity contribution in [2.24, 2.45) is 22.6 Å². The molecule has 0 atom stereocenters. The van der Waals surface area contributed by atoms with E-state index in [0.29, 0.717) is 11.9 Å². The van der Waals surface area contributed by atoms with E-state index in [4.69, 9.17) is 10.5 Å². The van der Waals surface area contributed by atoms with Gasteiger partial charge in [-0.05, 0) is 88.8 Å². The topological polar surface area (TPSA) is 62.9 Å². The molecular weight excluding hydrogens is 324 g/mol. The number of guanidine groups is 1. The summed E-state index contributed by atoms with van der Waals surface area (Å²) < 4.78 is 5.65. The maximum absolute atomic E-state index is 6.05. The van der Waals surface area contributed by atoms with Crippen molar-refractivity contribution in [2.45, 2.75) is 53.1 Å². The van der Waals surface area contributed by atoms with Crippen molar-refractivity contribution in [1.29, 1.82) is 0 Å². The van der Waals surface area contributed by atoms with Crippen molar-refractivity contribution in [3.63, 3.8) is 0 Å². The summed E-state index contributed by atoms with van der Waals surface area (Å²) in [5, 5.41) is 3.17. The molecule has 1 fully saturated rings. The van der Waals surface area contributed by atoms with Gasteiger partial charge in [-0.2, -0.15) is 0 Å². The number of likely N-dealkylation sites (tertiary alicyclic amines) is 1. The Morgan fingerprint density at radius 2 is 1.85 bits per heavy atom. The van der Waals surface area contributed by atoms with Gasteiger partial charge in [-0.1, -0.05) is 13.8 Å². The van der Waals surface area contributed by atoms with E-state index in [1.54, 1.807) is 0 Å². The summed E-state index contributed by atoms with van der Waals surface area (Å²) in [6, 6.07) is 7.82. The zero-order valence-corrected chi connectivity index (χ0v) is 16.9. The first-order valence-electron chi connectivity index (χ1n) is 9.98. The molecule has 0 saturated carbocycles. The Labute approximate surface area is 159 Å². The van der Waals surface area contributed by atoms with Gasteiger partial charge in [-0.3, -0.25) is 4.99 Å². The van der Waals surface area contributed by atoms with Crippen molar-refractivity contribution in [3.8, 4) is 5.75 Å². The lowest BCUT2D eigenvalue weighted by Crippen LogP contribution is -2.36. The SMILES string of the molecule is CC(C)CCN1CCC(CN=C(N)Nc2ccc(OC(C)C)cc2)CC1. The van der Waals surface area contributed by atoms with E-state index >= 15 is 0 Å². The minimum atomic E-state index is 0.178. The average Bonchev–Trinajstić information content (AvgIpc) is 2.60. The van der Waals surface area contributed by atoms with Crippen LogP contribution in [0.1, 0.15) is 47.0 Å². The van der Waals surface area contributed by atoms with E-state index in [9.17, 15) is 0 Å². The van der Waals surface area contributed by atoms with Crippen LogP contribution in [0.5, 0.6) is 5.75 Å². The Morgan fingerprint density at radius 3 is 2.42 bits per heavy atom. The molecular formula is C21H36N4O. The number of hydrogen-bond acceptors (Lipinski definition) is 3. The van der Waals surface area contributed by atoms with Crippen LogP contribution in [0.2, 0.25) is 0 Å². The first-order chi connectivity index (χ1) is 12.4. The smallest absolute Gasteiger partial charge is 0.193 e. The van der Waals surface area contributed by atoms with Crippen molar-refractivity contribution >= 4 is 11.6 Å². The van der Waals surface area contributed by atoms with E-state index in [-0.39, 0.29) is 6.10 Å². The zero-order chi connectivity index (χ0) is 18.9. The molecule has 0 amide bonds. The normalized spacial score (nSPS) is 17.1. The number of anilines is 1. The molecule has 0 bridgehead atoms. The fourth-order valence-corrected chi connectivity index (χ4v) is 3.14. The second-order valence-electron chi connectivity index (χ2n) is 8.01. The maximum atomic E-state index is 6.05. The van der Waals surface area contributed by atoms with Gasteiger partial charge in [0.05, 0.1) is 6.10 Å². The van der Waals surface area contributed by atoms with E-state index in [2.05, 4.69) is 29.1 Å². The summed E-state index contributed by atoms with van der Waals surface area (Å²) in [6.07, 6.45) is 3.91. The molecule has 146 valence electrons. The lowest BCUT2D eigenvalue weighted by Gasteiger charge is -2.31. The minimum Gasteiger partial charge on any atom is -0.491 e. The van der Waals surface area contributed by atoms with Crippen LogP contribution in [-0.2, 0) is 0 Å². The van der Waals surface area contributed by atoms with Gasteiger partial charge >= 0.3 is 0 Å². The summed E-state index contributed by atoms with van der Waals surface area (Å²) in [5.74, 6) is 2.79. The highest BCUT2D eigenvalue weighted by atomic mass is 16.5. The molecule has 1 aromatic rings. The number of nitrogens with zero attached hydrogens (tertiary/aromatic N) is 2. The molecule has 5 heteroatoms. The third-order valence-corrected chi connectivity index (χ3v) is 4.75. The number of nitrogens with one attached hydrogen (secondary N) is 1. The van der Waals surface area contributed by atoms with Crippen molar-refractivity contribution in [3.05, 3.63) is 24.3 Å². The Hall–Kier alpha value is -1.75. The maximum Gasteiger partial charge on any atom is 0.193 e. The van der Waals surface area contributed by atoms with Crippen LogP contribution < -0.4 is 15.8 Å². The molecule has 1 aromatic carbocycles. The Bertz CT molecular complexity index is 546. The third kappa shape index (κ3) is 7.65. The molecule has 1 heterocycles. The molecule has 1 aliphatic rings. The van der Waals surface area contributed by atoms with Gasteiger partial charge in [0.1, 0.15) is 5.75 Å². The standard InChI is InChI=1S/C21H36N4O/c1-16(2)9-12-25-13-10-18(11-14-25)15-23-21(22)24-19-5-7-20(8-6-19)26-17(3)4/h5-8,16-18H,9-15H2,1-4H3,(H3,22,23,24). The highest BCUT2D eigenvalue weighted by molar-refractivity contribution is 5.92. The van der Waals surface area contributed by atoms with Gasteiger partial charge in [-0.25, -0.2) is 0 Å². The molecule has 0 radical (unpaired) electrons. The fourth-order valence-electron chi connectivity index (χ4n) is 3.14. The molecule has 1 saturated heterocycles. The van der Waals surface area contributed by atoms with Gasteiger partial charge in [0.15, 0.2) is 5.96 Å². The number of piperidine rings is 1. The first-order valence-corrected chi connectivity index (χ1v) is 9.98. The molecule has 0 aliphatic carbocycles. The summed E-state index contributed by atoms with van der Waals surface area (Å²) in [4.78, 5) is 7.13. The van der Waals surface area contributed by atoms with Crippen LogP contribution in [0.15, 0.2) is 29.3 Å². The van der Waals surface area contributed by atoms with Crippen molar-refractivity contribution < 1.29 is 4.74 Å². The number of hydrogen-bond donors (Lipinski definition) is 2. The first kappa shape index (κ1) is 20.6. The van der Waals surface area contributed by atoms with Crippen LogP contribution >= 0.6 is 0 Å². The van der Waals surface area contributed by atoms with Crippen LogP contribution in [0.4, 0.5) is 5.69 Å². The van der Waals surface area contributed by atoms with Crippen LogP contribution in [0.25, 0.3) is 0 Å². The molecule has 0 unspecified atom stereocenters. The number of benzene rings is 1. The molecule has 1 aliphatic heterocycles. The molecule has 0 spiro atoms. The summed E-state index contributed by atoms with van der Waals surface area (Å²) >= 11 is 0. The van der Waals surface area contributed by atoms with Gasteiger partial charge in [0.2, 0.25) is 0 Å². The third-order valence-electron chi connectivity index (χ3n) is 4.75. The molecule has 0 aromatic heterocycles. The largest absolute Gasteiger partial charge is 0.491 e. The zero-order valence-electron chi connectivity index (χ0n) is 16.9. The average molecular weight is 361 g/mol. The van der Waals surface area contributed by atoms with Crippen molar-refractivity contribution in [2.75, 3.05) is 31.5 Å². The van der Waals surface area contributed by atoms with E-state index in [1.165, 1.54) is 38.9 Å². The second kappa shape index (κ2) is 10.4. The fraction of sp³-hybridized carbons (Fsp3) is 0.667. The Kier molecular flexibility index (Phi) is 8.23. The van der Waals surface area contributed by atoms with Gasteiger partial charge in [-0.15, -0.1) is 0 Å². The Morgan fingerprint density at radius 1 is 1.19 bits per heavy atom. The van der Waals surface area contributed by atoms with E-state index < -0.39 is 0 Å². The Balaban J connectivity index is 1.71. The number of ether oxygens (including phenoxy) is 1. The van der Waals surface area contributed by atoms with Gasteiger partial charge in [0, 0.05) is 12.2 Å². The van der Waals surface area contributed by atoms with Crippen molar-refractivity contribution in [1.82, 2.24) is 4.90 Å². The number of aliphatic imine (C=N–C) groups is 1. The highest BCUT2D eigenvalue weighted by Crippen LogP contribution is 2.19. The van der Waals surface area contributed by atoms with Crippen LogP contribution in [0, 0.1) is 11.8 Å². The minimum absolute atomic E-state index is 0.178. The monoisotopic (exact) mass is 360 g/mol. The van der Waals surface area contributed by atoms with Gasteiger partial charge in [0.25, 0.3) is 0 Å². The lowest BCUT2D eigenvalue weighted by atomic mass is 9.96. The number of rotatable bonds is 8. The van der Waals surface area contributed by atoms with E-state index in [1.807, 2.05) is 38.1 Å². The summed E-state index contributed by atoms with van der Waals surface area (Å²) in [6.45, 7) is 13.1. The van der Waals surface area contributed by atoms with E-state index in [0.717, 1.165) is 23.9 Å². The molecule has 26 heavy (non-hydrogen) atoms. The number of nitrogens with two attached hydrogens (primary N) is 1. The second-order valence-corrected chi connectivity index (χ2v) is 8.01. The molecule has 5 nitrogen and oxygen atoms in total.